The molecular weight excluding hydrogens is 152 g/mol. The van der Waals surface area contributed by atoms with Gasteiger partial charge in [0.05, 0.1) is 7.11 Å². The average Bonchev–Trinajstić information content (AvgIpc) is 2.09. The topological polar surface area (TPSA) is 29.5 Å². The Balaban J connectivity index is 3.25. The van der Waals surface area contributed by atoms with E-state index in [0.717, 1.165) is 23.3 Å². The minimum atomic E-state index is 0.295. The van der Waals surface area contributed by atoms with Crippen molar-refractivity contribution in [2.45, 2.75) is 20.3 Å². The molecule has 0 radical (unpaired) electrons. The first kappa shape index (κ1) is 8.91. The molecular formula is C10H14O2. The summed E-state index contributed by atoms with van der Waals surface area (Å²) in [6.45, 7) is 3.92. The average molecular weight is 166 g/mol. The van der Waals surface area contributed by atoms with E-state index < -0.39 is 0 Å². The van der Waals surface area contributed by atoms with Crippen LogP contribution >= 0.6 is 0 Å². The maximum Gasteiger partial charge on any atom is 0.128 e. The number of ether oxygens (including phenoxy) is 1. The summed E-state index contributed by atoms with van der Waals surface area (Å²) in [6.07, 6.45) is 0.921. The van der Waals surface area contributed by atoms with Crippen molar-refractivity contribution in [3.63, 3.8) is 0 Å². The normalized spacial score (nSPS) is 9.92. The van der Waals surface area contributed by atoms with Crippen LogP contribution in [0.5, 0.6) is 11.5 Å². The predicted octanol–water partition coefficient (Wildman–Crippen LogP) is 2.27. The van der Waals surface area contributed by atoms with Crippen molar-refractivity contribution in [2.75, 3.05) is 7.11 Å². The Kier molecular flexibility index (Phi) is 2.58. The number of methoxy groups -OCH3 is 1. The van der Waals surface area contributed by atoms with Crippen LogP contribution in [0.3, 0.4) is 0 Å². The van der Waals surface area contributed by atoms with Crippen molar-refractivity contribution in [2.24, 2.45) is 0 Å². The molecule has 1 rings (SSSR count). The minimum Gasteiger partial charge on any atom is -0.508 e. The summed E-state index contributed by atoms with van der Waals surface area (Å²) in [7, 11) is 1.63. The fraction of sp³-hybridized carbons (Fsp3) is 0.400. The van der Waals surface area contributed by atoms with Gasteiger partial charge in [-0.2, -0.15) is 0 Å². The summed E-state index contributed by atoms with van der Waals surface area (Å²) < 4.78 is 5.19. The van der Waals surface area contributed by atoms with Gasteiger partial charge in [0.1, 0.15) is 11.5 Å². The van der Waals surface area contributed by atoms with Crippen LogP contribution in [0.1, 0.15) is 18.1 Å². The van der Waals surface area contributed by atoms with Gasteiger partial charge < -0.3 is 9.84 Å². The molecule has 66 valence electrons. The van der Waals surface area contributed by atoms with Crippen LogP contribution in [0.4, 0.5) is 0 Å². The molecule has 0 fully saturated rings. The zero-order valence-corrected chi connectivity index (χ0v) is 7.72. The van der Waals surface area contributed by atoms with Crippen molar-refractivity contribution >= 4 is 0 Å². The molecule has 2 heteroatoms. The van der Waals surface area contributed by atoms with E-state index in [-0.39, 0.29) is 0 Å². The number of phenolic OH excluding ortho intramolecular Hbond substituents is 1. The van der Waals surface area contributed by atoms with Crippen molar-refractivity contribution in [3.05, 3.63) is 23.3 Å². The molecule has 0 amide bonds. The minimum absolute atomic E-state index is 0.295. The summed E-state index contributed by atoms with van der Waals surface area (Å²) in [5.74, 6) is 1.10. The van der Waals surface area contributed by atoms with Crippen LogP contribution in [0.2, 0.25) is 0 Å². The van der Waals surface area contributed by atoms with E-state index >= 15 is 0 Å². The predicted molar refractivity (Wildman–Crippen MR) is 48.8 cm³/mol. The molecule has 0 aliphatic carbocycles. The van der Waals surface area contributed by atoms with Gasteiger partial charge in [-0.3, -0.25) is 0 Å². The quantitative estimate of drug-likeness (QED) is 0.730. The van der Waals surface area contributed by atoms with Gasteiger partial charge in [0.25, 0.3) is 0 Å². The Morgan fingerprint density at radius 2 is 2.08 bits per heavy atom. The molecule has 1 aromatic carbocycles. The highest BCUT2D eigenvalue weighted by atomic mass is 16.5. The fourth-order valence-electron chi connectivity index (χ4n) is 1.30. The Labute approximate surface area is 72.8 Å². The van der Waals surface area contributed by atoms with Crippen LogP contribution < -0.4 is 4.74 Å². The molecule has 0 unspecified atom stereocenters. The molecule has 0 spiro atoms. The lowest BCUT2D eigenvalue weighted by Gasteiger charge is -2.10. The zero-order chi connectivity index (χ0) is 9.14. The Morgan fingerprint density at radius 1 is 1.42 bits per heavy atom. The largest absolute Gasteiger partial charge is 0.508 e. The third kappa shape index (κ3) is 1.37. The molecule has 0 atom stereocenters. The van der Waals surface area contributed by atoms with E-state index in [0.29, 0.717) is 5.75 Å². The first-order chi connectivity index (χ1) is 5.70. The molecule has 0 aliphatic heterocycles. The van der Waals surface area contributed by atoms with E-state index in [1.165, 1.54) is 0 Å². The maximum absolute atomic E-state index is 9.37. The Hall–Kier alpha value is -1.18. The molecule has 1 N–H and O–H groups in total. The van der Waals surface area contributed by atoms with E-state index in [1.54, 1.807) is 13.2 Å². The van der Waals surface area contributed by atoms with Gasteiger partial charge in [-0.15, -0.1) is 0 Å². The summed E-state index contributed by atoms with van der Waals surface area (Å²) in [4.78, 5) is 0. The molecule has 0 aromatic heterocycles. The molecule has 0 bridgehead atoms. The van der Waals surface area contributed by atoms with Crippen LogP contribution in [-0.4, -0.2) is 12.2 Å². The number of phenols is 1. The highest BCUT2D eigenvalue weighted by molar-refractivity contribution is 5.48. The lowest BCUT2D eigenvalue weighted by Crippen LogP contribution is -1.93. The number of rotatable bonds is 2. The van der Waals surface area contributed by atoms with Gasteiger partial charge in [-0.05, 0) is 25.0 Å². The van der Waals surface area contributed by atoms with Gasteiger partial charge in [-0.1, -0.05) is 13.0 Å². The highest BCUT2D eigenvalue weighted by Crippen LogP contribution is 2.30. The Bertz CT molecular complexity index is 279. The second-order valence-corrected chi connectivity index (χ2v) is 2.76. The lowest BCUT2D eigenvalue weighted by atomic mass is 10.1. The molecule has 0 saturated heterocycles. The zero-order valence-electron chi connectivity index (χ0n) is 7.72. The van der Waals surface area contributed by atoms with Crippen molar-refractivity contribution in [1.82, 2.24) is 0 Å². The summed E-state index contributed by atoms with van der Waals surface area (Å²) in [5.41, 5.74) is 1.95. The van der Waals surface area contributed by atoms with E-state index in [2.05, 4.69) is 6.92 Å². The fourth-order valence-corrected chi connectivity index (χ4v) is 1.30. The first-order valence-corrected chi connectivity index (χ1v) is 4.06. The van der Waals surface area contributed by atoms with Gasteiger partial charge in [0.15, 0.2) is 0 Å². The number of hydrogen-bond donors (Lipinski definition) is 1. The first-order valence-electron chi connectivity index (χ1n) is 4.06. The van der Waals surface area contributed by atoms with Gasteiger partial charge >= 0.3 is 0 Å². The third-order valence-electron chi connectivity index (χ3n) is 2.04. The Morgan fingerprint density at radius 3 is 2.58 bits per heavy atom. The van der Waals surface area contributed by atoms with Crippen LogP contribution in [0, 0.1) is 6.92 Å². The lowest BCUT2D eigenvalue weighted by molar-refractivity contribution is 0.398. The summed E-state index contributed by atoms with van der Waals surface area (Å²) in [5, 5.41) is 9.37. The van der Waals surface area contributed by atoms with Crippen LogP contribution in [0.25, 0.3) is 0 Å². The van der Waals surface area contributed by atoms with Gasteiger partial charge in [0.2, 0.25) is 0 Å². The summed E-state index contributed by atoms with van der Waals surface area (Å²) >= 11 is 0. The van der Waals surface area contributed by atoms with E-state index in [9.17, 15) is 5.11 Å². The smallest absolute Gasteiger partial charge is 0.128 e. The van der Waals surface area contributed by atoms with Gasteiger partial charge in [0, 0.05) is 5.56 Å². The van der Waals surface area contributed by atoms with Gasteiger partial charge in [-0.25, -0.2) is 0 Å². The monoisotopic (exact) mass is 166 g/mol. The summed E-state index contributed by atoms with van der Waals surface area (Å²) in [6, 6.07) is 3.60. The standard InChI is InChI=1S/C10H14O2/c1-4-8-5-6-9(11)7(2)10(8)12-3/h5-6,11H,4H2,1-3H3. The third-order valence-corrected chi connectivity index (χ3v) is 2.04. The van der Waals surface area contributed by atoms with Crippen molar-refractivity contribution in [3.8, 4) is 11.5 Å². The molecule has 0 aliphatic rings. The molecule has 0 saturated carbocycles. The second-order valence-electron chi connectivity index (χ2n) is 2.76. The van der Waals surface area contributed by atoms with Crippen LogP contribution in [0.15, 0.2) is 12.1 Å². The van der Waals surface area contributed by atoms with E-state index in [4.69, 9.17) is 4.74 Å². The molecule has 0 heterocycles. The molecule has 2 nitrogen and oxygen atoms in total. The maximum atomic E-state index is 9.37. The van der Waals surface area contributed by atoms with Crippen molar-refractivity contribution in [1.29, 1.82) is 0 Å². The SMILES string of the molecule is CCc1ccc(O)c(C)c1OC. The van der Waals surface area contributed by atoms with E-state index in [1.807, 2.05) is 13.0 Å². The number of aromatic hydroxyl groups is 1. The second kappa shape index (κ2) is 3.48. The number of benzene rings is 1. The molecule has 12 heavy (non-hydrogen) atoms. The van der Waals surface area contributed by atoms with Crippen molar-refractivity contribution < 1.29 is 9.84 Å². The van der Waals surface area contributed by atoms with Crippen LogP contribution in [-0.2, 0) is 6.42 Å². The number of hydrogen-bond acceptors (Lipinski definition) is 2. The molecule has 1 aromatic rings. The number of aryl methyl sites for hydroxylation is 1. The highest BCUT2D eigenvalue weighted by Gasteiger charge is 2.07.